The van der Waals surface area contributed by atoms with Crippen LogP contribution in [0.1, 0.15) is 45.1 Å². The average molecular weight is 345 g/mol. The van der Waals surface area contributed by atoms with Crippen molar-refractivity contribution in [1.29, 1.82) is 0 Å². The van der Waals surface area contributed by atoms with Gasteiger partial charge in [0.2, 0.25) is 5.91 Å². The molecular formula is C20H27NO4. The number of para-hydroxylation sites is 1. The van der Waals surface area contributed by atoms with Crippen LogP contribution < -0.4 is 4.74 Å². The molecule has 0 radical (unpaired) electrons. The first-order valence-electron chi connectivity index (χ1n) is 9.17. The molecule has 0 aliphatic carbocycles. The summed E-state index contributed by atoms with van der Waals surface area (Å²) in [5.41, 5.74) is 0.356. The normalized spacial score (nSPS) is 27.4. The molecule has 1 amide bonds. The Morgan fingerprint density at radius 2 is 2.00 bits per heavy atom. The lowest BCUT2D eigenvalue weighted by molar-refractivity contribution is -0.158. The lowest BCUT2D eigenvalue weighted by Gasteiger charge is -2.34. The second kappa shape index (κ2) is 7.06. The number of rotatable bonds is 6. The summed E-state index contributed by atoms with van der Waals surface area (Å²) in [5.74, 6) is 0.672. The third-order valence-electron chi connectivity index (χ3n) is 5.88. The summed E-state index contributed by atoms with van der Waals surface area (Å²) >= 11 is 0. The number of hydrogen-bond donors (Lipinski definition) is 0. The SMILES string of the molecule is CCOC(=O)[C@@]1(CC)C[C@H]2CC[C@@H]1N2C(=O)Cc1ccccc1OC. The van der Waals surface area contributed by atoms with Gasteiger partial charge in [0.1, 0.15) is 5.75 Å². The van der Waals surface area contributed by atoms with Crippen LogP contribution >= 0.6 is 0 Å². The van der Waals surface area contributed by atoms with Crippen molar-refractivity contribution in [2.45, 2.75) is 58.0 Å². The number of benzene rings is 1. The predicted octanol–water partition coefficient (Wildman–Crippen LogP) is 2.96. The molecular weight excluding hydrogens is 318 g/mol. The van der Waals surface area contributed by atoms with Crippen LogP contribution in [0.5, 0.6) is 5.75 Å². The van der Waals surface area contributed by atoms with Gasteiger partial charge in [0.25, 0.3) is 0 Å². The summed E-state index contributed by atoms with van der Waals surface area (Å²) in [6.07, 6.45) is 3.61. The van der Waals surface area contributed by atoms with E-state index in [4.69, 9.17) is 9.47 Å². The maximum atomic E-state index is 13.0. The zero-order valence-electron chi connectivity index (χ0n) is 15.3. The summed E-state index contributed by atoms with van der Waals surface area (Å²) in [7, 11) is 1.62. The van der Waals surface area contributed by atoms with E-state index in [2.05, 4.69) is 0 Å². The van der Waals surface area contributed by atoms with Gasteiger partial charge in [0.15, 0.2) is 0 Å². The smallest absolute Gasteiger partial charge is 0.314 e. The molecule has 5 nitrogen and oxygen atoms in total. The van der Waals surface area contributed by atoms with Crippen molar-refractivity contribution in [3.63, 3.8) is 0 Å². The number of hydrogen-bond acceptors (Lipinski definition) is 4. The molecule has 0 aromatic heterocycles. The molecule has 0 unspecified atom stereocenters. The molecule has 2 aliphatic rings. The lowest BCUT2D eigenvalue weighted by atomic mass is 9.72. The van der Waals surface area contributed by atoms with E-state index in [9.17, 15) is 9.59 Å². The van der Waals surface area contributed by atoms with Gasteiger partial charge in [0, 0.05) is 17.6 Å². The van der Waals surface area contributed by atoms with Gasteiger partial charge >= 0.3 is 5.97 Å². The number of amides is 1. The molecule has 2 fully saturated rings. The summed E-state index contributed by atoms with van der Waals surface area (Å²) in [4.78, 5) is 27.6. The van der Waals surface area contributed by atoms with Crippen molar-refractivity contribution >= 4 is 11.9 Å². The van der Waals surface area contributed by atoms with Gasteiger partial charge < -0.3 is 14.4 Å². The highest BCUT2D eigenvalue weighted by molar-refractivity contribution is 5.85. The molecule has 136 valence electrons. The summed E-state index contributed by atoms with van der Waals surface area (Å²) in [6.45, 7) is 4.24. The first kappa shape index (κ1) is 17.8. The van der Waals surface area contributed by atoms with Crippen LogP contribution in [-0.2, 0) is 20.7 Å². The Kier molecular flexibility index (Phi) is 5.02. The molecule has 25 heavy (non-hydrogen) atoms. The van der Waals surface area contributed by atoms with Crippen LogP contribution in [0.4, 0.5) is 0 Å². The van der Waals surface area contributed by atoms with Gasteiger partial charge in [0.05, 0.1) is 25.6 Å². The van der Waals surface area contributed by atoms with Crippen LogP contribution in [0.2, 0.25) is 0 Å². The van der Waals surface area contributed by atoms with Gasteiger partial charge in [-0.1, -0.05) is 25.1 Å². The zero-order valence-corrected chi connectivity index (χ0v) is 15.3. The molecule has 2 bridgehead atoms. The molecule has 3 atom stereocenters. The monoisotopic (exact) mass is 345 g/mol. The fourth-order valence-corrected chi connectivity index (χ4v) is 4.68. The van der Waals surface area contributed by atoms with Crippen molar-refractivity contribution in [2.75, 3.05) is 13.7 Å². The standard InChI is InChI=1S/C20H27NO4/c1-4-20(19(23)25-5-2)13-15-10-11-17(20)21(15)18(22)12-14-8-6-7-9-16(14)24-3/h6-9,15,17H,4-5,10-13H2,1-3H3/t15-,17+,20+/m1/s1. The van der Waals surface area contributed by atoms with Crippen molar-refractivity contribution < 1.29 is 19.1 Å². The van der Waals surface area contributed by atoms with E-state index in [0.717, 1.165) is 30.6 Å². The Morgan fingerprint density at radius 3 is 2.68 bits per heavy atom. The third-order valence-corrected chi connectivity index (χ3v) is 5.88. The fraction of sp³-hybridized carbons (Fsp3) is 0.600. The van der Waals surface area contributed by atoms with Crippen LogP contribution in [0.3, 0.4) is 0 Å². The van der Waals surface area contributed by atoms with E-state index in [1.54, 1.807) is 7.11 Å². The van der Waals surface area contributed by atoms with E-state index < -0.39 is 5.41 Å². The Balaban J connectivity index is 1.81. The Hall–Kier alpha value is -2.04. The van der Waals surface area contributed by atoms with Gasteiger partial charge in [-0.05, 0) is 38.7 Å². The van der Waals surface area contributed by atoms with E-state index in [0.29, 0.717) is 19.4 Å². The van der Waals surface area contributed by atoms with Crippen molar-refractivity contribution in [1.82, 2.24) is 4.90 Å². The molecule has 0 N–H and O–H groups in total. The van der Waals surface area contributed by atoms with Crippen molar-refractivity contribution in [3.05, 3.63) is 29.8 Å². The predicted molar refractivity (Wildman–Crippen MR) is 94.3 cm³/mol. The average Bonchev–Trinajstić information content (AvgIpc) is 3.18. The number of fused-ring (bicyclic) bond motifs is 2. The second-order valence-corrected chi connectivity index (χ2v) is 6.97. The van der Waals surface area contributed by atoms with Crippen LogP contribution in [0.25, 0.3) is 0 Å². The molecule has 0 saturated carbocycles. The number of carbonyl (C=O) groups excluding carboxylic acids is 2. The highest BCUT2D eigenvalue weighted by atomic mass is 16.5. The molecule has 2 saturated heterocycles. The Morgan fingerprint density at radius 1 is 1.24 bits per heavy atom. The summed E-state index contributed by atoms with van der Waals surface area (Å²) in [6, 6.07) is 7.72. The molecule has 1 aromatic rings. The topological polar surface area (TPSA) is 55.8 Å². The van der Waals surface area contributed by atoms with Crippen molar-refractivity contribution in [2.24, 2.45) is 5.41 Å². The van der Waals surface area contributed by atoms with Crippen LogP contribution in [0.15, 0.2) is 24.3 Å². The minimum Gasteiger partial charge on any atom is -0.496 e. The molecule has 2 aliphatic heterocycles. The number of methoxy groups -OCH3 is 1. The Bertz CT molecular complexity index is 659. The number of nitrogens with zero attached hydrogens (tertiary/aromatic N) is 1. The first-order chi connectivity index (χ1) is 12.1. The quantitative estimate of drug-likeness (QED) is 0.744. The van der Waals surface area contributed by atoms with Crippen LogP contribution in [-0.4, -0.2) is 42.6 Å². The highest BCUT2D eigenvalue weighted by Gasteiger charge is 2.60. The van der Waals surface area contributed by atoms with E-state index in [-0.39, 0.29) is 24.0 Å². The summed E-state index contributed by atoms with van der Waals surface area (Å²) in [5, 5.41) is 0. The van der Waals surface area contributed by atoms with Gasteiger partial charge in [-0.15, -0.1) is 0 Å². The van der Waals surface area contributed by atoms with Gasteiger partial charge in [-0.3, -0.25) is 9.59 Å². The number of esters is 1. The minimum absolute atomic E-state index is 0.0382. The Labute approximate surface area is 149 Å². The fourth-order valence-electron chi connectivity index (χ4n) is 4.68. The lowest BCUT2D eigenvalue weighted by Crippen LogP contribution is -2.46. The van der Waals surface area contributed by atoms with E-state index >= 15 is 0 Å². The molecule has 1 aromatic carbocycles. The molecule has 0 spiro atoms. The zero-order chi connectivity index (χ0) is 18.0. The largest absolute Gasteiger partial charge is 0.496 e. The maximum Gasteiger partial charge on any atom is 0.314 e. The molecule has 3 rings (SSSR count). The molecule has 5 heteroatoms. The van der Waals surface area contributed by atoms with Crippen molar-refractivity contribution in [3.8, 4) is 5.75 Å². The van der Waals surface area contributed by atoms with E-state index in [1.807, 2.05) is 43.0 Å². The van der Waals surface area contributed by atoms with Gasteiger partial charge in [-0.25, -0.2) is 0 Å². The number of ether oxygens (including phenoxy) is 2. The maximum absolute atomic E-state index is 13.0. The first-order valence-corrected chi connectivity index (χ1v) is 9.17. The summed E-state index contributed by atoms with van der Waals surface area (Å²) < 4.78 is 10.7. The molecule has 2 heterocycles. The number of carbonyl (C=O) groups is 2. The van der Waals surface area contributed by atoms with E-state index in [1.165, 1.54) is 0 Å². The highest BCUT2D eigenvalue weighted by Crippen LogP contribution is 2.52. The minimum atomic E-state index is -0.532. The van der Waals surface area contributed by atoms with Crippen LogP contribution in [0, 0.1) is 5.41 Å². The third kappa shape index (κ3) is 2.90. The second-order valence-electron chi connectivity index (χ2n) is 6.97. The van der Waals surface area contributed by atoms with Gasteiger partial charge in [-0.2, -0.15) is 0 Å².